The molecule has 2 aromatic carbocycles. The van der Waals surface area contributed by atoms with Crippen LogP contribution in [0.15, 0.2) is 59.5 Å². The molecule has 0 fully saturated rings. The number of nitrogens with zero attached hydrogens (tertiary/aromatic N) is 2. The van der Waals surface area contributed by atoms with E-state index in [0.29, 0.717) is 18.0 Å². The van der Waals surface area contributed by atoms with Crippen molar-refractivity contribution in [2.24, 2.45) is 5.92 Å². The molecule has 176 valence electrons. The van der Waals surface area contributed by atoms with E-state index in [9.17, 15) is 14.7 Å². The summed E-state index contributed by atoms with van der Waals surface area (Å²) in [6.07, 6.45) is 8.63. The minimum absolute atomic E-state index is 0.0569. The highest BCUT2D eigenvalue weighted by Gasteiger charge is 2.14. The zero-order valence-electron chi connectivity index (χ0n) is 20.1. The molecule has 0 spiro atoms. The van der Waals surface area contributed by atoms with Gasteiger partial charge in [0.15, 0.2) is 0 Å². The first-order valence-electron chi connectivity index (χ1n) is 12.1. The number of unbranched alkanes of at least 4 members (excludes halogenated alkanes) is 3. The number of aromatic nitrogens is 2. The predicted octanol–water partition coefficient (Wildman–Crippen LogP) is 6.23. The lowest BCUT2D eigenvalue weighted by atomic mass is 9.99. The molecule has 1 heterocycles. The van der Waals surface area contributed by atoms with Gasteiger partial charge in [0.25, 0.3) is 0 Å². The van der Waals surface area contributed by atoms with Gasteiger partial charge in [0.1, 0.15) is 0 Å². The van der Waals surface area contributed by atoms with Gasteiger partial charge in [-0.15, -0.1) is 0 Å². The highest BCUT2D eigenvalue weighted by atomic mass is 16.4. The van der Waals surface area contributed by atoms with Crippen LogP contribution in [-0.4, -0.2) is 20.2 Å². The van der Waals surface area contributed by atoms with Crippen LogP contribution in [0.1, 0.15) is 74.5 Å². The number of imidazole rings is 1. The predicted molar refractivity (Wildman–Crippen MR) is 134 cm³/mol. The lowest BCUT2D eigenvalue weighted by Gasteiger charge is -2.10. The normalized spacial score (nSPS) is 11.3. The number of carbonyl (C=O) groups is 1. The van der Waals surface area contributed by atoms with E-state index < -0.39 is 5.97 Å². The van der Waals surface area contributed by atoms with Crippen LogP contribution in [0.5, 0.6) is 0 Å². The Kier molecular flexibility index (Phi) is 8.70. The SMILES string of the molecule is CCCCCCc1cn(CCC(C)C)c(=O)n1Cc1ccc(-c2ccccc2C(=O)O)cc1. The van der Waals surface area contributed by atoms with Gasteiger partial charge in [0.05, 0.1) is 12.1 Å². The van der Waals surface area contributed by atoms with E-state index in [1.54, 1.807) is 12.1 Å². The zero-order chi connectivity index (χ0) is 23.8. The van der Waals surface area contributed by atoms with Crippen molar-refractivity contribution < 1.29 is 9.90 Å². The third-order valence-electron chi connectivity index (χ3n) is 6.13. The van der Waals surface area contributed by atoms with Crippen LogP contribution in [0.4, 0.5) is 0 Å². The van der Waals surface area contributed by atoms with Crippen molar-refractivity contribution in [2.75, 3.05) is 0 Å². The van der Waals surface area contributed by atoms with E-state index in [1.165, 1.54) is 19.3 Å². The molecule has 0 bridgehead atoms. The van der Waals surface area contributed by atoms with Gasteiger partial charge < -0.3 is 5.11 Å². The minimum Gasteiger partial charge on any atom is -0.478 e. The lowest BCUT2D eigenvalue weighted by molar-refractivity contribution is 0.0697. The third-order valence-corrected chi connectivity index (χ3v) is 6.13. The van der Waals surface area contributed by atoms with E-state index in [2.05, 4.69) is 20.8 Å². The van der Waals surface area contributed by atoms with Crippen molar-refractivity contribution in [3.8, 4) is 11.1 Å². The molecule has 0 saturated carbocycles. The number of aryl methyl sites for hydroxylation is 2. The van der Waals surface area contributed by atoms with E-state index in [1.807, 2.05) is 51.7 Å². The summed E-state index contributed by atoms with van der Waals surface area (Å²) in [6.45, 7) is 7.83. The topological polar surface area (TPSA) is 64.2 Å². The third kappa shape index (κ3) is 6.47. The molecule has 33 heavy (non-hydrogen) atoms. The second kappa shape index (κ2) is 11.7. The molecule has 0 atom stereocenters. The quantitative estimate of drug-likeness (QED) is 0.334. The first-order valence-corrected chi connectivity index (χ1v) is 12.1. The van der Waals surface area contributed by atoms with Gasteiger partial charge in [-0.3, -0.25) is 9.13 Å². The molecular weight excluding hydrogens is 412 g/mol. The first kappa shape index (κ1) is 24.6. The van der Waals surface area contributed by atoms with Crippen molar-refractivity contribution in [3.63, 3.8) is 0 Å². The molecular formula is C28H36N2O3. The van der Waals surface area contributed by atoms with Crippen LogP contribution >= 0.6 is 0 Å². The van der Waals surface area contributed by atoms with Gasteiger partial charge in [0.2, 0.25) is 0 Å². The van der Waals surface area contributed by atoms with Crippen LogP contribution in [0.3, 0.4) is 0 Å². The Morgan fingerprint density at radius 3 is 2.39 bits per heavy atom. The Hall–Kier alpha value is -3.08. The van der Waals surface area contributed by atoms with E-state index in [4.69, 9.17) is 0 Å². The Bertz CT molecular complexity index is 1110. The highest BCUT2D eigenvalue weighted by molar-refractivity contribution is 5.95. The van der Waals surface area contributed by atoms with Crippen molar-refractivity contribution in [1.82, 2.24) is 9.13 Å². The summed E-state index contributed by atoms with van der Waals surface area (Å²) in [5.74, 6) is -0.383. The van der Waals surface area contributed by atoms with Gasteiger partial charge in [-0.1, -0.05) is 82.5 Å². The molecule has 5 heteroatoms. The maximum absolute atomic E-state index is 13.2. The monoisotopic (exact) mass is 448 g/mol. The molecule has 1 aromatic heterocycles. The van der Waals surface area contributed by atoms with E-state index in [0.717, 1.165) is 42.6 Å². The van der Waals surface area contributed by atoms with Crippen molar-refractivity contribution >= 4 is 5.97 Å². The molecule has 0 aliphatic heterocycles. The molecule has 5 nitrogen and oxygen atoms in total. The Morgan fingerprint density at radius 1 is 1.00 bits per heavy atom. The number of rotatable bonds is 12. The van der Waals surface area contributed by atoms with E-state index >= 15 is 0 Å². The molecule has 3 aromatic rings. The van der Waals surface area contributed by atoms with Gasteiger partial charge in [-0.05, 0) is 47.9 Å². The largest absolute Gasteiger partial charge is 0.478 e. The highest BCUT2D eigenvalue weighted by Crippen LogP contribution is 2.24. The minimum atomic E-state index is -0.934. The fourth-order valence-corrected chi connectivity index (χ4v) is 4.14. The Morgan fingerprint density at radius 2 is 1.73 bits per heavy atom. The van der Waals surface area contributed by atoms with Crippen LogP contribution in [0.2, 0.25) is 0 Å². The first-order chi connectivity index (χ1) is 15.9. The van der Waals surface area contributed by atoms with Crippen LogP contribution in [0, 0.1) is 5.92 Å². The second-order valence-corrected chi connectivity index (χ2v) is 9.22. The Labute approximate surface area is 196 Å². The van der Waals surface area contributed by atoms with E-state index in [-0.39, 0.29) is 11.3 Å². The van der Waals surface area contributed by atoms with Crippen LogP contribution in [-0.2, 0) is 19.5 Å². The second-order valence-electron chi connectivity index (χ2n) is 9.22. The maximum Gasteiger partial charge on any atom is 0.336 e. The molecule has 0 aliphatic carbocycles. The molecule has 1 N–H and O–H groups in total. The number of hydrogen-bond donors (Lipinski definition) is 1. The molecule has 0 saturated heterocycles. The summed E-state index contributed by atoms with van der Waals surface area (Å²) in [5.41, 5.74) is 4.04. The summed E-state index contributed by atoms with van der Waals surface area (Å²) in [5, 5.41) is 9.48. The number of aromatic carboxylic acids is 1. The fraction of sp³-hybridized carbons (Fsp3) is 0.429. The summed E-state index contributed by atoms with van der Waals surface area (Å²) in [4.78, 5) is 24.7. The number of hydrogen-bond acceptors (Lipinski definition) is 2. The van der Waals surface area contributed by atoms with Crippen molar-refractivity contribution in [2.45, 2.75) is 72.4 Å². The number of carboxylic acids is 1. The molecule has 0 radical (unpaired) electrons. The smallest absolute Gasteiger partial charge is 0.336 e. The summed E-state index contributed by atoms with van der Waals surface area (Å²) in [7, 11) is 0. The zero-order valence-corrected chi connectivity index (χ0v) is 20.1. The summed E-state index contributed by atoms with van der Waals surface area (Å²) >= 11 is 0. The van der Waals surface area contributed by atoms with Gasteiger partial charge in [0, 0.05) is 18.4 Å². The molecule has 0 unspecified atom stereocenters. The average Bonchev–Trinajstić information content (AvgIpc) is 3.10. The van der Waals surface area contributed by atoms with Crippen LogP contribution in [0.25, 0.3) is 11.1 Å². The molecule has 3 rings (SSSR count). The fourth-order valence-electron chi connectivity index (χ4n) is 4.14. The lowest BCUT2D eigenvalue weighted by Crippen LogP contribution is -2.26. The van der Waals surface area contributed by atoms with Gasteiger partial charge in [-0.2, -0.15) is 0 Å². The van der Waals surface area contributed by atoms with Crippen LogP contribution < -0.4 is 5.69 Å². The van der Waals surface area contributed by atoms with Gasteiger partial charge >= 0.3 is 11.7 Å². The van der Waals surface area contributed by atoms with Crippen molar-refractivity contribution in [1.29, 1.82) is 0 Å². The number of carboxylic acid groups (broad SMARTS) is 1. The molecule has 0 amide bonds. The molecule has 0 aliphatic rings. The number of benzene rings is 2. The Balaban J connectivity index is 1.84. The van der Waals surface area contributed by atoms with Crippen molar-refractivity contribution in [3.05, 3.63) is 82.0 Å². The summed E-state index contributed by atoms with van der Waals surface area (Å²) in [6, 6.07) is 14.9. The maximum atomic E-state index is 13.2. The average molecular weight is 449 g/mol. The van der Waals surface area contributed by atoms with Gasteiger partial charge in [-0.25, -0.2) is 9.59 Å². The summed E-state index contributed by atoms with van der Waals surface area (Å²) < 4.78 is 3.78. The standard InChI is InChI=1S/C28H36N2O3/c1-4-5-6-7-10-24-20-29(18-17-21(2)3)28(33)30(24)19-22-13-15-23(16-14-22)25-11-8-9-12-26(25)27(31)32/h8-9,11-16,20-21H,4-7,10,17-19H2,1-3H3,(H,31,32).